The molecule has 1 fully saturated rings. The molecule has 19 heavy (non-hydrogen) atoms. The summed E-state index contributed by atoms with van der Waals surface area (Å²) in [5.41, 5.74) is 2.52. The van der Waals surface area contributed by atoms with Crippen molar-refractivity contribution in [1.82, 2.24) is 15.1 Å². The van der Waals surface area contributed by atoms with Crippen LogP contribution in [-0.2, 0) is 13.6 Å². The maximum Gasteiger partial charge on any atom is 0.131 e. The van der Waals surface area contributed by atoms with E-state index < -0.39 is 0 Å². The molecule has 0 aliphatic heterocycles. The van der Waals surface area contributed by atoms with Crippen LogP contribution in [0.25, 0.3) is 0 Å². The highest BCUT2D eigenvalue weighted by Crippen LogP contribution is 2.30. The molecule has 0 amide bonds. The summed E-state index contributed by atoms with van der Waals surface area (Å²) in [6, 6.07) is 0. The highest BCUT2D eigenvalue weighted by atomic mass is 15.4. The molecule has 108 valence electrons. The van der Waals surface area contributed by atoms with Gasteiger partial charge in [0.05, 0.1) is 5.69 Å². The van der Waals surface area contributed by atoms with Crippen LogP contribution in [0.1, 0.15) is 44.4 Å². The van der Waals surface area contributed by atoms with Gasteiger partial charge in [-0.25, -0.2) is 0 Å². The lowest BCUT2D eigenvalue weighted by molar-refractivity contribution is 0.317. The molecule has 2 rings (SSSR count). The van der Waals surface area contributed by atoms with E-state index in [0.29, 0.717) is 0 Å². The Morgan fingerprint density at radius 3 is 2.63 bits per heavy atom. The van der Waals surface area contributed by atoms with Crippen molar-refractivity contribution in [1.29, 1.82) is 0 Å². The minimum Gasteiger partial charge on any atom is -0.357 e. The second-order valence-electron chi connectivity index (χ2n) is 5.63. The lowest BCUT2D eigenvalue weighted by Crippen LogP contribution is -2.34. The van der Waals surface area contributed by atoms with E-state index in [0.717, 1.165) is 31.2 Å². The summed E-state index contributed by atoms with van der Waals surface area (Å²) in [6.07, 6.45) is 4.21. The van der Waals surface area contributed by atoms with E-state index in [9.17, 15) is 0 Å². The fourth-order valence-corrected chi connectivity index (χ4v) is 2.89. The van der Waals surface area contributed by atoms with Crippen molar-refractivity contribution in [3.63, 3.8) is 0 Å². The highest BCUT2D eigenvalue weighted by molar-refractivity contribution is 5.50. The second kappa shape index (κ2) is 6.42. The Kier molecular flexibility index (Phi) is 4.86. The zero-order chi connectivity index (χ0) is 13.8. The molecule has 1 heterocycles. The molecular weight excluding hydrogens is 236 g/mol. The smallest absolute Gasteiger partial charge is 0.131 e. The molecule has 1 saturated carbocycles. The van der Waals surface area contributed by atoms with Crippen molar-refractivity contribution in [2.45, 2.75) is 46.6 Å². The molecule has 1 aliphatic rings. The van der Waals surface area contributed by atoms with Crippen LogP contribution < -0.4 is 10.2 Å². The average molecular weight is 264 g/mol. The summed E-state index contributed by atoms with van der Waals surface area (Å²) in [5.74, 6) is 2.20. The van der Waals surface area contributed by atoms with E-state index in [2.05, 4.69) is 47.8 Å². The Hall–Kier alpha value is -1.03. The van der Waals surface area contributed by atoms with Crippen LogP contribution in [0.15, 0.2) is 0 Å². The maximum absolute atomic E-state index is 4.62. The van der Waals surface area contributed by atoms with Gasteiger partial charge >= 0.3 is 0 Å². The standard InChI is InChI=1S/C15H28N4/c1-5-16-10-14-12(3)17-18(4)15(14)19(6-2)11-13-8-7-9-13/h13,16H,5-11H2,1-4H3. The first-order valence-electron chi connectivity index (χ1n) is 7.65. The minimum absolute atomic E-state index is 0.891. The summed E-state index contributed by atoms with van der Waals surface area (Å²) in [5, 5.41) is 8.06. The van der Waals surface area contributed by atoms with Crippen molar-refractivity contribution < 1.29 is 0 Å². The molecule has 0 aromatic carbocycles. The molecule has 0 radical (unpaired) electrons. The normalized spacial score (nSPS) is 15.6. The third kappa shape index (κ3) is 3.11. The lowest BCUT2D eigenvalue weighted by Gasteiger charge is -2.33. The second-order valence-corrected chi connectivity index (χ2v) is 5.63. The molecule has 1 aliphatic carbocycles. The number of nitrogens with one attached hydrogen (secondary N) is 1. The number of hydrogen-bond acceptors (Lipinski definition) is 3. The quantitative estimate of drug-likeness (QED) is 0.821. The van der Waals surface area contributed by atoms with Gasteiger partial charge in [-0.15, -0.1) is 0 Å². The maximum atomic E-state index is 4.62. The van der Waals surface area contributed by atoms with Crippen molar-refractivity contribution >= 4 is 5.82 Å². The van der Waals surface area contributed by atoms with E-state index in [1.807, 2.05) is 0 Å². The van der Waals surface area contributed by atoms with Gasteiger partial charge in [0.25, 0.3) is 0 Å². The summed E-state index contributed by atoms with van der Waals surface area (Å²) >= 11 is 0. The Labute approximate surface area is 117 Å². The number of anilines is 1. The molecular formula is C15H28N4. The van der Waals surface area contributed by atoms with Crippen LogP contribution in [0.2, 0.25) is 0 Å². The van der Waals surface area contributed by atoms with Gasteiger partial charge in [-0.2, -0.15) is 5.10 Å². The Morgan fingerprint density at radius 2 is 2.11 bits per heavy atom. The molecule has 0 spiro atoms. The molecule has 0 bridgehead atoms. The van der Waals surface area contributed by atoms with Gasteiger partial charge in [-0.3, -0.25) is 4.68 Å². The highest BCUT2D eigenvalue weighted by Gasteiger charge is 2.24. The first kappa shape index (κ1) is 14.4. The number of rotatable bonds is 7. The van der Waals surface area contributed by atoms with Crippen LogP contribution in [0, 0.1) is 12.8 Å². The molecule has 1 aromatic rings. The largest absolute Gasteiger partial charge is 0.357 e. The Balaban J connectivity index is 2.18. The topological polar surface area (TPSA) is 33.1 Å². The van der Waals surface area contributed by atoms with Crippen molar-refractivity contribution in [2.24, 2.45) is 13.0 Å². The minimum atomic E-state index is 0.891. The number of aryl methyl sites for hydroxylation is 2. The van der Waals surface area contributed by atoms with Gasteiger partial charge in [0.1, 0.15) is 5.82 Å². The van der Waals surface area contributed by atoms with Crippen LogP contribution in [0.4, 0.5) is 5.82 Å². The van der Waals surface area contributed by atoms with Gasteiger partial charge in [0.15, 0.2) is 0 Å². The zero-order valence-electron chi connectivity index (χ0n) is 12.9. The fraction of sp³-hybridized carbons (Fsp3) is 0.800. The zero-order valence-corrected chi connectivity index (χ0v) is 12.9. The third-order valence-electron chi connectivity index (χ3n) is 4.25. The molecule has 0 unspecified atom stereocenters. The van der Waals surface area contributed by atoms with Crippen molar-refractivity contribution in [3.05, 3.63) is 11.3 Å². The summed E-state index contributed by atoms with van der Waals surface area (Å²) < 4.78 is 2.06. The van der Waals surface area contributed by atoms with Crippen LogP contribution in [0.3, 0.4) is 0 Å². The van der Waals surface area contributed by atoms with Crippen LogP contribution in [-0.4, -0.2) is 29.4 Å². The van der Waals surface area contributed by atoms with E-state index in [4.69, 9.17) is 0 Å². The lowest BCUT2D eigenvalue weighted by atomic mass is 9.85. The van der Waals surface area contributed by atoms with E-state index in [1.54, 1.807) is 0 Å². The van der Waals surface area contributed by atoms with Gasteiger partial charge in [-0.1, -0.05) is 13.3 Å². The fourth-order valence-electron chi connectivity index (χ4n) is 2.89. The van der Waals surface area contributed by atoms with Gasteiger partial charge in [0.2, 0.25) is 0 Å². The molecule has 1 N–H and O–H groups in total. The van der Waals surface area contributed by atoms with Gasteiger partial charge < -0.3 is 10.2 Å². The predicted octanol–water partition coefficient (Wildman–Crippen LogP) is 2.46. The summed E-state index contributed by atoms with van der Waals surface area (Å²) in [4.78, 5) is 2.51. The van der Waals surface area contributed by atoms with E-state index in [-0.39, 0.29) is 0 Å². The molecule has 0 saturated heterocycles. The Bertz CT molecular complexity index is 407. The van der Waals surface area contributed by atoms with Crippen LogP contribution >= 0.6 is 0 Å². The third-order valence-corrected chi connectivity index (χ3v) is 4.25. The Morgan fingerprint density at radius 1 is 1.37 bits per heavy atom. The molecule has 4 nitrogen and oxygen atoms in total. The number of nitrogens with zero attached hydrogens (tertiary/aromatic N) is 3. The SMILES string of the molecule is CCNCc1c(C)nn(C)c1N(CC)CC1CCC1. The van der Waals surface area contributed by atoms with Crippen molar-refractivity contribution in [2.75, 3.05) is 24.5 Å². The van der Waals surface area contributed by atoms with E-state index in [1.165, 1.54) is 37.2 Å². The predicted molar refractivity (Wildman–Crippen MR) is 80.6 cm³/mol. The van der Waals surface area contributed by atoms with Gasteiger partial charge in [0, 0.05) is 32.2 Å². The van der Waals surface area contributed by atoms with Crippen LogP contribution in [0.5, 0.6) is 0 Å². The van der Waals surface area contributed by atoms with Gasteiger partial charge in [-0.05, 0) is 39.2 Å². The van der Waals surface area contributed by atoms with E-state index >= 15 is 0 Å². The monoisotopic (exact) mass is 264 g/mol. The first-order valence-corrected chi connectivity index (χ1v) is 7.65. The van der Waals surface area contributed by atoms with Crippen molar-refractivity contribution in [3.8, 4) is 0 Å². The summed E-state index contributed by atoms with van der Waals surface area (Å²) in [7, 11) is 2.07. The number of aromatic nitrogens is 2. The number of hydrogen-bond donors (Lipinski definition) is 1. The average Bonchev–Trinajstić information content (AvgIpc) is 2.61. The summed E-state index contributed by atoms with van der Waals surface area (Å²) in [6.45, 7) is 10.7. The molecule has 1 aromatic heterocycles. The molecule has 0 atom stereocenters. The molecule has 4 heteroatoms. The first-order chi connectivity index (χ1) is 9.17.